The normalized spacial score (nSPS) is 8.95. The number of isothiocyanates is 2. The maximum Gasteiger partial charge on any atom is 0.576 e. The molecule has 0 aliphatic carbocycles. The zero-order valence-electron chi connectivity index (χ0n) is 10.9. The van der Waals surface area contributed by atoms with Crippen molar-refractivity contribution in [2.24, 2.45) is 9.98 Å². The molecular weight excluding hydrogens is 303 g/mol. The van der Waals surface area contributed by atoms with Crippen LogP contribution in [0.2, 0.25) is 0 Å². The third kappa shape index (κ3) is 4.95. The fourth-order valence-electron chi connectivity index (χ4n) is 1.50. The Morgan fingerprint density at radius 1 is 0.714 bits per heavy atom. The fourth-order valence-corrected chi connectivity index (χ4v) is 1.72. The van der Waals surface area contributed by atoms with Gasteiger partial charge in [-0.15, -0.1) is 0 Å². The number of rotatable bonds is 6. The van der Waals surface area contributed by atoms with E-state index in [1.807, 2.05) is 0 Å². The molecule has 2 rings (SSSR count). The number of hydrogen-bond acceptors (Lipinski definition) is 6. The predicted octanol–water partition coefficient (Wildman–Crippen LogP) is 3.88. The van der Waals surface area contributed by atoms with E-state index in [9.17, 15) is 0 Å². The van der Waals surface area contributed by atoms with Crippen LogP contribution in [0.25, 0.3) is 0 Å². The largest absolute Gasteiger partial charge is 0.576 e. The first-order valence-corrected chi connectivity index (χ1v) is 6.75. The lowest BCUT2D eigenvalue weighted by atomic mass is 10.2. The molecule has 0 saturated heterocycles. The Kier molecular flexibility index (Phi) is 5.82. The summed E-state index contributed by atoms with van der Waals surface area (Å²) in [6.07, 6.45) is 0. The second-order valence-electron chi connectivity index (χ2n) is 3.80. The van der Waals surface area contributed by atoms with Crippen LogP contribution in [0, 0.1) is 0 Å². The van der Waals surface area contributed by atoms with E-state index >= 15 is 0 Å². The molecule has 2 aromatic carbocycles. The molecule has 0 aliphatic rings. The van der Waals surface area contributed by atoms with Crippen LogP contribution in [0.1, 0.15) is 0 Å². The van der Waals surface area contributed by atoms with E-state index in [2.05, 4.69) is 44.7 Å². The van der Waals surface area contributed by atoms with Crippen molar-refractivity contribution in [1.82, 2.24) is 0 Å². The van der Waals surface area contributed by atoms with E-state index in [-0.39, 0.29) is 7.69 Å². The van der Waals surface area contributed by atoms with E-state index in [0.29, 0.717) is 11.5 Å². The molecule has 0 radical (unpaired) electrons. The molecule has 0 unspecified atom stereocenters. The summed E-state index contributed by atoms with van der Waals surface area (Å²) in [5, 5.41) is 4.61. The summed E-state index contributed by atoms with van der Waals surface area (Å²) in [5.41, 5.74) is 1.46. The standard InChI is InChI=1S/C14H9BN2O2S2/c20-9-16-11-1-5-13(6-2-11)18-15-19-14-7-3-12(4-8-14)17-10-21/h1-8,15H. The number of benzene rings is 2. The lowest BCUT2D eigenvalue weighted by molar-refractivity contribution is 0.459. The summed E-state index contributed by atoms with van der Waals surface area (Å²) in [6, 6.07) is 14.3. The molecule has 0 bridgehead atoms. The molecule has 21 heavy (non-hydrogen) atoms. The Balaban J connectivity index is 1.85. The summed E-state index contributed by atoms with van der Waals surface area (Å²) < 4.78 is 10.9. The molecule has 0 spiro atoms. The average Bonchev–Trinajstić information content (AvgIpc) is 2.51. The van der Waals surface area contributed by atoms with E-state index in [1.165, 1.54) is 0 Å². The van der Waals surface area contributed by atoms with Gasteiger partial charge in [0.15, 0.2) is 0 Å². The molecule has 0 heterocycles. The summed E-state index contributed by atoms with van der Waals surface area (Å²) in [5.74, 6) is 1.36. The van der Waals surface area contributed by atoms with Gasteiger partial charge in [-0.25, -0.2) is 0 Å². The Morgan fingerprint density at radius 3 is 1.43 bits per heavy atom. The van der Waals surface area contributed by atoms with Gasteiger partial charge in [-0.2, -0.15) is 9.98 Å². The third-order valence-electron chi connectivity index (χ3n) is 2.47. The van der Waals surface area contributed by atoms with Gasteiger partial charge in [0.25, 0.3) is 0 Å². The molecule has 0 saturated carbocycles. The van der Waals surface area contributed by atoms with E-state index in [0.717, 1.165) is 11.4 Å². The minimum atomic E-state index is 0.103. The zero-order valence-corrected chi connectivity index (χ0v) is 12.5. The summed E-state index contributed by atoms with van der Waals surface area (Å²) in [4.78, 5) is 7.71. The van der Waals surface area contributed by atoms with Gasteiger partial charge >= 0.3 is 7.69 Å². The topological polar surface area (TPSA) is 43.2 Å². The smallest absolute Gasteiger partial charge is 0.529 e. The lowest BCUT2D eigenvalue weighted by Crippen LogP contribution is -2.10. The number of hydrogen-bond donors (Lipinski definition) is 0. The van der Waals surface area contributed by atoms with Crippen molar-refractivity contribution in [3.63, 3.8) is 0 Å². The SMILES string of the molecule is S=C=Nc1ccc(OBOc2ccc(N=C=S)cc2)cc1. The Bertz CT molecular complexity index is 630. The highest BCUT2D eigenvalue weighted by molar-refractivity contribution is 7.78. The highest BCUT2D eigenvalue weighted by atomic mass is 32.1. The molecule has 0 aliphatic heterocycles. The molecule has 4 nitrogen and oxygen atoms in total. The van der Waals surface area contributed by atoms with E-state index in [4.69, 9.17) is 9.31 Å². The van der Waals surface area contributed by atoms with Gasteiger partial charge in [0, 0.05) is 0 Å². The molecular formula is C14H9BN2O2S2. The molecule has 7 heteroatoms. The van der Waals surface area contributed by atoms with E-state index < -0.39 is 0 Å². The number of aliphatic imine (C=N–C) groups is 2. The molecule has 0 amide bonds. The molecule has 102 valence electrons. The van der Waals surface area contributed by atoms with Crippen LogP contribution in [-0.4, -0.2) is 18.0 Å². The van der Waals surface area contributed by atoms with Crippen molar-refractivity contribution >= 4 is 53.8 Å². The van der Waals surface area contributed by atoms with Gasteiger partial charge in [-0.05, 0) is 73.0 Å². The Hall–Kier alpha value is -2.30. The van der Waals surface area contributed by atoms with Crippen LogP contribution in [0.3, 0.4) is 0 Å². The second-order valence-corrected chi connectivity index (χ2v) is 4.17. The van der Waals surface area contributed by atoms with Gasteiger partial charge in [0.1, 0.15) is 11.5 Å². The monoisotopic (exact) mass is 312 g/mol. The predicted molar refractivity (Wildman–Crippen MR) is 90.7 cm³/mol. The minimum Gasteiger partial charge on any atom is -0.529 e. The van der Waals surface area contributed by atoms with Crippen molar-refractivity contribution in [3.05, 3.63) is 48.5 Å². The number of nitrogens with zero attached hydrogens (tertiary/aromatic N) is 2. The van der Waals surface area contributed by atoms with Crippen LogP contribution in [0.5, 0.6) is 11.5 Å². The molecule has 0 aromatic heterocycles. The van der Waals surface area contributed by atoms with Crippen LogP contribution in [0.4, 0.5) is 11.4 Å². The fraction of sp³-hybridized carbons (Fsp3) is 0. The maximum atomic E-state index is 5.46. The first-order chi connectivity index (χ1) is 10.3. The van der Waals surface area contributed by atoms with Crippen LogP contribution < -0.4 is 9.31 Å². The zero-order chi connectivity index (χ0) is 14.9. The number of thiocarbonyl (C=S) groups is 2. The summed E-state index contributed by atoms with van der Waals surface area (Å²) in [6.45, 7) is 0. The van der Waals surface area contributed by atoms with Crippen molar-refractivity contribution in [2.45, 2.75) is 0 Å². The van der Waals surface area contributed by atoms with Crippen LogP contribution >= 0.6 is 24.4 Å². The third-order valence-corrected chi connectivity index (χ3v) is 2.66. The van der Waals surface area contributed by atoms with Crippen molar-refractivity contribution < 1.29 is 9.31 Å². The van der Waals surface area contributed by atoms with Gasteiger partial charge in [-0.3, -0.25) is 0 Å². The Morgan fingerprint density at radius 2 is 1.10 bits per heavy atom. The molecule has 0 N–H and O–H groups in total. The Labute approximate surface area is 133 Å². The van der Waals surface area contributed by atoms with Gasteiger partial charge in [0.2, 0.25) is 0 Å². The van der Waals surface area contributed by atoms with Crippen molar-refractivity contribution in [3.8, 4) is 11.5 Å². The van der Waals surface area contributed by atoms with Gasteiger partial charge in [-0.1, -0.05) is 0 Å². The first-order valence-electron chi connectivity index (χ1n) is 5.93. The van der Waals surface area contributed by atoms with Crippen molar-refractivity contribution in [1.29, 1.82) is 0 Å². The first kappa shape index (κ1) is 15.1. The summed E-state index contributed by atoms with van der Waals surface area (Å²) in [7, 11) is 0.103. The maximum absolute atomic E-state index is 5.46. The molecule has 0 fully saturated rings. The summed E-state index contributed by atoms with van der Waals surface area (Å²) >= 11 is 9.06. The highest BCUT2D eigenvalue weighted by Gasteiger charge is 2.00. The van der Waals surface area contributed by atoms with Gasteiger partial charge < -0.3 is 9.31 Å². The van der Waals surface area contributed by atoms with E-state index in [1.54, 1.807) is 48.5 Å². The van der Waals surface area contributed by atoms with Crippen LogP contribution in [-0.2, 0) is 0 Å². The highest BCUT2D eigenvalue weighted by Crippen LogP contribution is 2.19. The van der Waals surface area contributed by atoms with Crippen molar-refractivity contribution in [2.75, 3.05) is 0 Å². The molecule has 0 atom stereocenters. The molecule has 2 aromatic rings. The second kappa shape index (κ2) is 8.09. The van der Waals surface area contributed by atoms with Crippen LogP contribution in [0.15, 0.2) is 58.5 Å². The quantitative estimate of drug-likeness (QED) is 0.461. The van der Waals surface area contributed by atoms with Gasteiger partial charge in [0.05, 0.1) is 21.7 Å². The minimum absolute atomic E-state index is 0.103. The average molecular weight is 312 g/mol. The lowest BCUT2D eigenvalue weighted by Gasteiger charge is -2.07.